The van der Waals surface area contributed by atoms with Crippen LogP contribution in [-0.2, 0) is 6.42 Å². The molecular formula is C14H22S. The van der Waals surface area contributed by atoms with Gasteiger partial charge < -0.3 is 0 Å². The van der Waals surface area contributed by atoms with Crippen LogP contribution in [-0.4, -0.2) is 0 Å². The standard InChI is InChI=1S/C14H22S/c1-2-3-4-5-6-7-10-13-11-8-9-12-14(13)15/h8-9,11-12,15H,2-7,10H2,1H3. The van der Waals surface area contributed by atoms with Crippen LogP contribution < -0.4 is 0 Å². The molecule has 15 heavy (non-hydrogen) atoms. The van der Waals surface area contributed by atoms with Crippen LogP contribution in [0.1, 0.15) is 51.0 Å². The van der Waals surface area contributed by atoms with Crippen LogP contribution in [0.4, 0.5) is 0 Å². The van der Waals surface area contributed by atoms with Crippen LogP contribution in [0.2, 0.25) is 0 Å². The van der Waals surface area contributed by atoms with Crippen molar-refractivity contribution in [3.8, 4) is 0 Å². The lowest BCUT2D eigenvalue weighted by Gasteiger charge is -2.04. The summed E-state index contributed by atoms with van der Waals surface area (Å²) in [5.41, 5.74) is 1.40. The molecule has 0 amide bonds. The van der Waals surface area contributed by atoms with E-state index >= 15 is 0 Å². The molecule has 0 N–H and O–H groups in total. The molecule has 0 fully saturated rings. The van der Waals surface area contributed by atoms with Crippen LogP contribution >= 0.6 is 12.6 Å². The third-order valence-electron chi connectivity index (χ3n) is 2.79. The van der Waals surface area contributed by atoms with Crippen LogP contribution in [0.5, 0.6) is 0 Å². The number of benzene rings is 1. The van der Waals surface area contributed by atoms with Crippen molar-refractivity contribution in [2.45, 2.75) is 56.8 Å². The quantitative estimate of drug-likeness (QED) is 0.493. The van der Waals surface area contributed by atoms with Gasteiger partial charge in [-0.2, -0.15) is 0 Å². The number of thiol groups is 1. The lowest BCUT2D eigenvalue weighted by atomic mass is 10.1. The van der Waals surface area contributed by atoms with Crippen molar-refractivity contribution >= 4 is 12.6 Å². The summed E-state index contributed by atoms with van der Waals surface area (Å²) in [6.07, 6.45) is 9.37. The average molecular weight is 222 g/mol. The number of unbranched alkanes of at least 4 members (excludes halogenated alkanes) is 5. The minimum atomic E-state index is 1.14. The summed E-state index contributed by atoms with van der Waals surface area (Å²) < 4.78 is 0. The third-order valence-corrected chi connectivity index (χ3v) is 3.23. The number of hydrogen-bond acceptors (Lipinski definition) is 1. The maximum Gasteiger partial charge on any atom is 0.00720 e. The van der Waals surface area contributed by atoms with Crippen molar-refractivity contribution in [2.24, 2.45) is 0 Å². The van der Waals surface area contributed by atoms with Crippen molar-refractivity contribution in [3.05, 3.63) is 29.8 Å². The fraction of sp³-hybridized carbons (Fsp3) is 0.571. The van der Waals surface area contributed by atoms with Gasteiger partial charge in [0.15, 0.2) is 0 Å². The van der Waals surface area contributed by atoms with Crippen molar-refractivity contribution in [2.75, 3.05) is 0 Å². The average Bonchev–Trinajstić information content (AvgIpc) is 2.25. The maximum absolute atomic E-state index is 4.46. The Kier molecular flexibility index (Phi) is 6.58. The second-order valence-electron chi connectivity index (χ2n) is 4.15. The first-order valence-electron chi connectivity index (χ1n) is 6.11. The molecule has 84 valence electrons. The Morgan fingerprint density at radius 2 is 1.60 bits per heavy atom. The lowest BCUT2D eigenvalue weighted by Crippen LogP contribution is -1.87. The highest BCUT2D eigenvalue weighted by molar-refractivity contribution is 7.80. The van der Waals surface area contributed by atoms with E-state index in [2.05, 4.69) is 37.8 Å². The van der Waals surface area contributed by atoms with Crippen molar-refractivity contribution in [1.82, 2.24) is 0 Å². The number of rotatable bonds is 7. The third kappa shape index (κ3) is 5.27. The summed E-state index contributed by atoms with van der Waals surface area (Å²) in [7, 11) is 0. The van der Waals surface area contributed by atoms with E-state index in [-0.39, 0.29) is 0 Å². The topological polar surface area (TPSA) is 0 Å². The Morgan fingerprint density at radius 3 is 2.33 bits per heavy atom. The SMILES string of the molecule is CCCCCCCCc1ccccc1S. The Balaban J connectivity index is 2.12. The van der Waals surface area contributed by atoms with E-state index in [1.165, 1.54) is 50.5 Å². The number of aryl methyl sites for hydroxylation is 1. The van der Waals surface area contributed by atoms with Gasteiger partial charge in [-0.15, -0.1) is 12.6 Å². The molecule has 0 unspecified atom stereocenters. The Morgan fingerprint density at radius 1 is 0.933 bits per heavy atom. The van der Waals surface area contributed by atoms with Gasteiger partial charge in [0.25, 0.3) is 0 Å². The molecule has 0 spiro atoms. The zero-order valence-corrected chi connectivity index (χ0v) is 10.6. The fourth-order valence-electron chi connectivity index (χ4n) is 1.82. The van der Waals surface area contributed by atoms with E-state index in [1.54, 1.807) is 0 Å². The molecule has 0 bridgehead atoms. The molecule has 0 aromatic heterocycles. The summed E-state index contributed by atoms with van der Waals surface area (Å²) in [5.74, 6) is 0. The summed E-state index contributed by atoms with van der Waals surface area (Å²) in [5, 5.41) is 0. The van der Waals surface area contributed by atoms with E-state index in [0.717, 1.165) is 4.90 Å². The molecule has 0 saturated heterocycles. The van der Waals surface area contributed by atoms with E-state index in [9.17, 15) is 0 Å². The predicted octanol–water partition coefficient (Wildman–Crippen LogP) is 4.88. The van der Waals surface area contributed by atoms with Gasteiger partial charge in [-0.25, -0.2) is 0 Å². The predicted molar refractivity (Wildman–Crippen MR) is 70.8 cm³/mol. The Bertz CT molecular complexity index is 268. The first-order valence-corrected chi connectivity index (χ1v) is 6.56. The summed E-state index contributed by atoms with van der Waals surface area (Å²) in [6, 6.07) is 8.42. The second kappa shape index (κ2) is 7.81. The Hall–Kier alpha value is -0.430. The maximum atomic E-state index is 4.46. The van der Waals surface area contributed by atoms with Crippen LogP contribution in [0.3, 0.4) is 0 Å². The summed E-state index contributed by atoms with van der Waals surface area (Å²) in [6.45, 7) is 2.26. The van der Waals surface area contributed by atoms with Crippen molar-refractivity contribution in [1.29, 1.82) is 0 Å². The fourth-order valence-corrected chi connectivity index (χ4v) is 2.09. The molecule has 0 saturated carbocycles. The van der Waals surface area contributed by atoms with E-state index < -0.39 is 0 Å². The van der Waals surface area contributed by atoms with Gasteiger partial charge in [0.1, 0.15) is 0 Å². The van der Waals surface area contributed by atoms with Gasteiger partial charge in [-0.1, -0.05) is 57.2 Å². The lowest BCUT2D eigenvalue weighted by molar-refractivity contribution is 0.606. The van der Waals surface area contributed by atoms with Gasteiger partial charge in [0.2, 0.25) is 0 Å². The van der Waals surface area contributed by atoms with Crippen LogP contribution in [0.15, 0.2) is 29.2 Å². The molecule has 0 radical (unpaired) electrons. The molecule has 0 heterocycles. The zero-order chi connectivity index (χ0) is 10.9. The Labute approximate surface area is 99.5 Å². The van der Waals surface area contributed by atoms with Gasteiger partial charge in [-0.3, -0.25) is 0 Å². The minimum absolute atomic E-state index is 1.14. The normalized spacial score (nSPS) is 10.5. The summed E-state index contributed by atoms with van der Waals surface area (Å²) in [4.78, 5) is 1.14. The van der Waals surface area contributed by atoms with Crippen LogP contribution in [0, 0.1) is 0 Å². The largest absolute Gasteiger partial charge is 0.143 e. The van der Waals surface area contributed by atoms with Gasteiger partial charge in [0, 0.05) is 4.90 Å². The van der Waals surface area contributed by atoms with Gasteiger partial charge >= 0.3 is 0 Å². The molecule has 0 atom stereocenters. The molecule has 0 nitrogen and oxygen atoms in total. The first kappa shape index (κ1) is 12.6. The molecule has 1 aromatic carbocycles. The highest BCUT2D eigenvalue weighted by atomic mass is 32.1. The van der Waals surface area contributed by atoms with E-state index in [0.29, 0.717) is 0 Å². The van der Waals surface area contributed by atoms with Crippen LogP contribution in [0.25, 0.3) is 0 Å². The van der Waals surface area contributed by atoms with Gasteiger partial charge in [0.05, 0.1) is 0 Å². The molecular weight excluding hydrogens is 200 g/mol. The molecule has 0 aliphatic rings. The smallest absolute Gasteiger partial charge is 0.00720 e. The zero-order valence-electron chi connectivity index (χ0n) is 9.71. The van der Waals surface area contributed by atoms with Crippen molar-refractivity contribution in [3.63, 3.8) is 0 Å². The molecule has 1 rings (SSSR count). The van der Waals surface area contributed by atoms with Crippen molar-refractivity contribution < 1.29 is 0 Å². The number of hydrogen-bond donors (Lipinski definition) is 1. The highest BCUT2D eigenvalue weighted by Crippen LogP contribution is 2.16. The second-order valence-corrected chi connectivity index (χ2v) is 4.63. The minimum Gasteiger partial charge on any atom is -0.143 e. The molecule has 0 aliphatic heterocycles. The molecule has 1 heteroatoms. The van der Waals surface area contributed by atoms with Gasteiger partial charge in [-0.05, 0) is 24.5 Å². The van der Waals surface area contributed by atoms with E-state index in [1.807, 2.05) is 6.07 Å². The molecule has 1 aromatic rings. The first-order chi connectivity index (χ1) is 7.34. The molecule has 0 aliphatic carbocycles. The monoisotopic (exact) mass is 222 g/mol. The van der Waals surface area contributed by atoms with E-state index in [4.69, 9.17) is 0 Å². The summed E-state index contributed by atoms with van der Waals surface area (Å²) >= 11 is 4.46. The highest BCUT2D eigenvalue weighted by Gasteiger charge is 1.97.